The lowest BCUT2D eigenvalue weighted by atomic mass is 9.95. The second-order valence-corrected chi connectivity index (χ2v) is 9.30. The Labute approximate surface area is 162 Å². The Hall–Kier alpha value is -2.30. The number of amides is 1. The number of carbonyl (C=O) groups is 1. The number of aromatic nitrogens is 2. The highest BCUT2D eigenvalue weighted by atomic mass is 16.6. The molecule has 0 saturated carbocycles. The van der Waals surface area contributed by atoms with Gasteiger partial charge in [-0.05, 0) is 26.3 Å². The molecule has 2 heterocycles. The van der Waals surface area contributed by atoms with Crippen LogP contribution in [0.2, 0.25) is 0 Å². The van der Waals surface area contributed by atoms with Gasteiger partial charge in [0.25, 0.3) is 0 Å². The molecule has 1 amide bonds. The van der Waals surface area contributed by atoms with Gasteiger partial charge in [0.2, 0.25) is 0 Å². The highest BCUT2D eigenvalue weighted by Gasteiger charge is 2.32. The molecule has 0 fully saturated rings. The molecule has 5 nitrogen and oxygen atoms in total. The van der Waals surface area contributed by atoms with Crippen LogP contribution in [0.4, 0.5) is 4.79 Å². The number of ether oxygens (including phenoxy) is 1. The third kappa shape index (κ3) is 4.52. The molecule has 1 aromatic carbocycles. The van der Waals surface area contributed by atoms with Gasteiger partial charge in [-0.2, -0.15) is 0 Å². The fourth-order valence-electron chi connectivity index (χ4n) is 3.43. The third-order valence-electron chi connectivity index (χ3n) is 4.62. The lowest BCUT2D eigenvalue weighted by Gasteiger charge is -2.30. The number of fused-ring (bicyclic) bond motifs is 1. The molecular weight excluding hydrogens is 338 g/mol. The molecule has 1 aliphatic heterocycles. The van der Waals surface area contributed by atoms with Crippen molar-refractivity contribution in [1.29, 1.82) is 0 Å². The average molecular weight is 370 g/mol. The fraction of sp³-hybridized carbons (Fsp3) is 0.545. The van der Waals surface area contributed by atoms with E-state index in [-0.39, 0.29) is 11.5 Å². The van der Waals surface area contributed by atoms with E-state index in [0.29, 0.717) is 13.1 Å². The molecule has 27 heavy (non-hydrogen) atoms. The fourth-order valence-corrected chi connectivity index (χ4v) is 3.43. The molecule has 1 aromatic heterocycles. The van der Waals surface area contributed by atoms with Crippen LogP contribution in [0.1, 0.15) is 64.3 Å². The van der Waals surface area contributed by atoms with Gasteiger partial charge in [0.1, 0.15) is 11.4 Å². The zero-order chi connectivity index (χ0) is 19.8. The van der Waals surface area contributed by atoms with E-state index in [1.54, 1.807) is 4.90 Å². The van der Waals surface area contributed by atoms with Crippen LogP contribution in [0.3, 0.4) is 0 Å². The van der Waals surface area contributed by atoms with Gasteiger partial charge in [0.15, 0.2) is 0 Å². The van der Waals surface area contributed by atoms with E-state index in [1.807, 2.05) is 26.8 Å². The number of hydrogen-bond donors (Lipinski definition) is 0. The standard InChI is InChI=1S/C22H31N3O2/c1-21(2,3)19-23-17-15-24(20(26)27-22(4,5)6)13-12-18(17)25(19)14-16-10-8-7-9-11-16/h7-11H,12-15H2,1-6H3. The maximum Gasteiger partial charge on any atom is 0.410 e. The van der Waals surface area contributed by atoms with Gasteiger partial charge in [-0.25, -0.2) is 9.78 Å². The molecule has 0 aliphatic carbocycles. The van der Waals surface area contributed by atoms with Gasteiger partial charge in [-0.15, -0.1) is 0 Å². The van der Waals surface area contributed by atoms with Crippen LogP contribution in [0.5, 0.6) is 0 Å². The SMILES string of the molecule is CC(C)(C)OC(=O)N1CCc2c(nc(C(C)(C)C)n2Cc2ccccc2)C1. The van der Waals surface area contributed by atoms with Gasteiger partial charge in [-0.1, -0.05) is 51.1 Å². The van der Waals surface area contributed by atoms with Crippen LogP contribution in [0.25, 0.3) is 0 Å². The molecule has 3 rings (SSSR count). The minimum atomic E-state index is -0.486. The van der Waals surface area contributed by atoms with Crippen molar-refractivity contribution in [2.75, 3.05) is 6.54 Å². The molecule has 5 heteroatoms. The third-order valence-corrected chi connectivity index (χ3v) is 4.62. The van der Waals surface area contributed by atoms with Crippen LogP contribution in [0.15, 0.2) is 30.3 Å². The largest absolute Gasteiger partial charge is 0.444 e. The number of rotatable bonds is 2. The number of hydrogen-bond acceptors (Lipinski definition) is 3. The van der Waals surface area contributed by atoms with Crippen LogP contribution in [0, 0.1) is 0 Å². The van der Waals surface area contributed by atoms with Crippen molar-refractivity contribution >= 4 is 6.09 Å². The normalized spacial score (nSPS) is 14.8. The zero-order valence-electron chi connectivity index (χ0n) is 17.4. The smallest absolute Gasteiger partial charge is 0.410 e. The van der Waals surface area contributed by atoms with Crippen LogP contribution >= 0.6 is 0 Å². The first-order valence-electron chi connectivity index (χ1n) is 9.65. The van der Waals surface area contributed by atoms with Gasteiger partial charge in [-0.3, -0.25) is 0 Å². The monoisotopic (exact) mass is 369 g/mol. The Morgan fingerprint density at radius 3 is 2.37 bits per heavy atom. The Morgan fingerprint density at radius 2 is 1.78 bits per heavy atom. The Bertz CT molecular complexity index is 811. The molecule has 146 valence electrons. The molecule has 0 N–H and O–H groups in total. The van der Waals surface area contributed by atoms with Gasteiger partial charge in [0, 0.05) is 30.6 Å². The summed E-state index contributed by atoms with van der Waals surface area (Å²) >= 11 is 0. The average Bonchev–Trinajstić information content (AvgIpc) is 2.92. The molecule has 0 saturated heterocycles. The van der Waals surface area contributed by atoms with Gasteiger partial charge < -0.3 is 14.2 Å². The topological polar surface area (TPSA) is 47.4 Å². The van der Waals surface area contributed by atoms with E-state index in [0.717, 1.165) is 24.5 Å². The van der Waals surface area contributed by atoms with Crippen LogP contribution < -0.4 is 0 Å². The summed E-state index contributed by atoms with van der Waals surface area (Å²) in [5, 5.41) is 0. The summed E-state index contributed by atoms with van der Waals surface area (Å²) in [5.74, 6) is 1.07. The second kappa shape index (κ2) is 7.02. The first kappa shape index (κ1) is 19.5. The molecule has 0 unspecified atom stereocenters. The lowest BCUT2D eigenvalue weighted by Crippen LogP contribution is -2.40. The highest BCUT2D eigenvalue weighted by Crippen LogP contribution is 2.29. The number of imidazole rings is 1. The molecule has 0 spiro atoms. The Morgan fingerprint density at radius 1 is 1.11 bits per heavy atom. The minimum absolute atomic E-state index is 0.0666. The van der Waals surface area contributed by atoms with Gasteiger partial charge >= 0.3 is 6.09 Å². The molecule has 0 atom stereocenters. The summed E-state index contributed by atoms with van der Waals surface area (Å²) in [6.07, 6.45) is 0.535. The first-order valence-corrected chi connectivity index (χ1v) is 9.65. The quantitative estimate of drug-likeness (QED) is 0.782. The number of carbonyl (C=O) groups excluding carboxylic acids is 1. The Kier molecular flexibility index (Phi) is 5.06. The van der Waals surface area contributed by atoms with Crippen molar-refractivity contribution in [3.05, 3.63) is 53.1 Å². The van der Waals surface area contributed by atoms with E-state index in [4.69, 9.17) is 9.72 Å². The van der Waals surface area contributed by atoms with Crippen molar-refractivity contribution in [2.24, 2.45) is 0 Å². The highest BCUT2D eigenvalue weighted by molar-refractivity contribution is 5.68. The Balaban J connectivity index is 1.90. The van der Waals surface area contributed by atoms with Crippen molar-refractivity contribution in [3.63, 3.8) is 0 Å². The van der Waals surface area contributed by atoms with E-state index >= 15 is 0 Å². The summed E-state index contributed by atoms with van der Waals surface area (Å²) < 4.78 is 7.89. The maximum absolute atomic E-state index is 12.5. The summed E-state index contributed by atoms with van der Waals surface area (Å²) in [6.45, 7) is 14.2. The summed E-state index contributed by atoms with van der Waals surface area (Å²) in [5.41, 5.74) is 2.94. The number of nitrogens with zero attached hydrogens (tertiary/aromatic N) is 3. The van der Waals surface area contributed by atoms with Crippen molar-refractivity contribution < 1.29 is 9.53 Å². The second-order valence-electron chi connectivity index (χ2n) is 9.30. The predicted molar refractivity (Wildman–Crippen MR) is 107 cm³/mol. The molecule has 0 bridgehead atoms. The molecular formula is C22H31N3O2. The number of benzene rings is 1. The van der Waals surface area contributed by atoms with E-state index < -0.39 is 5.60 Å². The minimum Gasteiger partial charge on any atom is -0.444 e. The van der Waals surface area contributed by atoms with E-state index in [9.17, 15) is 4.79 Å². The van der Waals surface area contributed by atoms with Crippen molar-refractivity contribution in [2.45, 2.75) is 72.1 Å². The van der Waals surface area contributed by atoms with E-state index in [1.165, 1.54) is 11.3 Å². The van der Waals surface area contributed by atoms with Crippen molar-refractivity contribution in [3.8, 4) is 0 Å². The first-order chi connectivity index (χ1) is 12.5. The summed E-state index contributed by atoms with van der Waals surface area (Å²) in [4.78, 5) is 19.2. The zero-order valence-corrected chi connectivity index (χ0v) is 17.4. The molecule has 1 aliphatic rings. The summed E-state index contributed by atoms with van der Waals surface area (Å²) in [7, 11) is 0. The lowest BCUT2D eigenvalue weighted by molar-refractivity contribution is 0.0220. The summed E-state index contributed by atoms with van der Waals surface area (Å²) in [6, 6.07) is 10.5. The maximum atomic E-state index is 12.5. The van der Waals surface area contributed by atoms with Gasteiger partial charge in [0.05, 0.1) is 12.2 Å². The van der Waals surface area contributed by atoms with Crippen LogP contribution in [-0.2, 0) is 29.7 Å². The predicted octanol–water partition coefficient (Wildman–Crippen LogP) is 4.52. The molecule has 0 radical (unpaired) electrons. The van der Waals surface area contributed by atoms with E-state index in [2.05, 4.69) is 49.6 Å². The van der Waals surface area contributed by atoms with Crippen molar-refractivity contribution in [1.82, 2.24) is 14.5 Å². The molecule has 2 aromatic rings. The van der Waals surface area contributed by atoms with Crippen LogP contribution in [-0.4, -0.2) is 32.7 Å².